The van der Waals surface area contributed by atoms with Crippen LogP contribution in [0.15, 0.2) is 42.5 Å². The van der Waals surface area contributed by atoms with E-state index in [2.05, 4.69) is 5.32 Å². The van der Waals surface area contributed by atoms with Gasteiger partial charge < -0.3 is 10.2 Å². The van der Waals surface area contributed by atoms with E-state index in [0.717, 1.165) is 23.8 Å². The zero-order chi connectivity index (χ0) is 27.0. The summed E-state index contributed by atoms with van der Waals surface area (Å²) in [7, 11) is -3.59. The molecule has 0 heterocycles. The van der Waals surface area contributed by atoms with Crippen LogP contribution in [0, 0.1) is 13.8 Å². The first-order valence-electron chi connectivity index (χ1n) is 12.2. The van der Waals surface area contributed by atoms with Crippen LogP contribution in [-0.4, -0.2) is 50.0 Å². The van der Waals surface area contributed by atoms with Crippen LogP contribution in [0.4, 0.5) is 5.69 Å². The van der Waals surface area contributed by atoms with E-state index in [1.807, 2.05) is 45.0 Å². The number of hydrogen-bond acceptors (Lipinski definition) is 4. The van der Waals surface area contributed by atoms with Gasteiger partial charge >= 0.3 is 0 Å². The molecule has 0 fully saturated rings. The Bertz CT molecular complexity index is 1150. The molecule has 0 unspecified atom stereocenters. The molecule has 0 radical (unpaired) electrons. The van der Waals surface area contributed by atoms with Crippen LogP contribution in [0.2, 0.25) is 5.02 Å². The van der Waals surface area contributed by atoms with Gasteiger partial charge in [0, 0.05) is 30.6 Å². The maximum Gasteiger partial charge on any atom is 0.242 e. The average molecular weight is 536 g/mol. The molecule has 0 bridgehead atoms. The number of aryl methyl sites for hydroxylation is 1. The summed E-state index contributed by atoms with van der Waals surface area (Å²) in [4.78, 5) is 27.8. The van der Waals surface area contributed by atoms with Crippen LogP contribution >= 0.6 is 11.6 Å². The molecule has 0 aliphatic carbocycles. The van der Waals surface area contributed by atoms with Gasteiger partial charge in [-0.05, 0) is 63.8 Å². The van der Waals surface area contributed by atoms with Crippen LogP contribution in [0.5, 0.6) is 0 Å². The summed E-state index contributed by atoms with van der Waals surface area (Å²) in [5.74, 6) is -0.421. The molecule has 0 aliphatic heterocycles. The summed E-state index contributed by atoms with van der Waals surface area (Å²) in [6, 6.07) is 12.3. The molecule has 2 aromatic carbocycles. The third-order valence-corrected chi connectivity index (χ3v) is 7.89. The van der Waals surface area contributed by atoms with Gasteiger partial charge in [-0.25, -0.2) is 8.42 Å². The van der Waals surface area contributed by atoms with Crippen molar-refractivity contribution in [2.24, 2.45) is 0 Å². The number of hydrogen-bond donors (Lipinski definition) is 1. The minimum atomic E-state index is -3.59. The Labute approximate surface area is 220 Å². The quantitative estimate of drug-likeness (QED) is 0.421. The van der Waals surface area contributed by atoms with Crippen molar-refractivity contribution in [1.82, 2.24) is 10.2 Å². The number of sulfonamides is 1. The monoisotopic (exact) mass is 535 g/mol. The Morgan fingerprint density at radius 3 is 2.28 bits per heavy atom. The molecular formula is C27H38ClN3O4S. The van der Waals surface area contributed by atoms with E-state index >= 15 is 0 Å². The smallest absolute Gasteiger partial charge is 0.242 e. The zero-order valence-electron chi connectivity index (χ0n) is 22.0. The fraction of sp³-hybridized carbons (Fsp3) is 0.481. The van der Waals surface area contributed by atoms with E-state index in [0.29, 0.717) is 22.7 Å². The summed E-state index contributed by atoms with van der Waals surface area (Å²) in [6.07, 6.45) is 2.31. The van der Waals surface area contributed by atoms with Crippen LogP contribution in [-0.2, 0) is 26.2 Å². The minimum absolute atomic E-state index is 0.000493. The minimum Gasteiger partial charge on any atom is -0.352 e. The van der Waals surface area contributed by atoms with Crippen molar-refractivity contribution < 1.29 is 18.0 Å². The van der Waals surface area contributed by atoms with E-state index < -0.39 is 16.1 Å². The maximum atomic E-state index is 13.4. The first kappa shape index (κ1) is 29.6. The van der Waals surface area contributed by atoms with Gasteiger partial charge in [-0.2, -0.15) is 0 Å². The van der Waals surface area contributed by atoms with E-state index in [9.17, 15) is 18.0 Å². The molecule has 0 saturated carbocycles. The molecule has 2 aromatic rings. The van der Waals surface area contributed by atoms with Gasteiger partial charge in [-0.1, -0.05) is 54.4 Å². The fourth-order valence-corrected chi connectivity index (χ4v) is 4.97. The van der Waals surface area contributed by atoms with E-state index in [4.69, 9.17) is 11.6 Å². The van der Waals surface area contributed by atoms with Gasteiger partial charge in [0.2, 0.25) is 21.8 Å². The fourth-order valence-electron chi connectivity index (χ4n) is 3.79. The number of carbonyl (C=O) groups excluding carboxylic acids is 2. The predicted molar refractivity (Wildman–Crippen MR) is 147 cm³/mol. The van der Waals surface area contributed by atoms with Gasteiger partial charge in [0.1, 0.15) is 6.04 Å². The number of carbonyl (C=O) groups is 2. The van der Waals surface area contributed by atoms with Crippen molar-refractivity contribution in [3.05, 3.63) is 64.2 Å². The molecule has 0 saturated heterocycles. The van der Waals surface area contributed by atoms with Gasteiger partial charge in [-0.3, -0.25) is 13.9 Å². The Balaban J connectivity index is 2.20. The van der Waals surface area contributed by atoms with Crippen LogP contribution in [0.1, 0.15) is 56.7 Å². The normalized spacial score (nSPS) is 13.1. The van der Waals surface area contributed by atoms with E-state index in [-0.39, 0.29) is 37.4 Å². The Hall–Kier alpha value is -2.58. The highest BCUT2D eigenvalue weighted by molar-refractivity contribution is 7.92. The highest BCUT2D eigenvalue weighted by atomic mass is 35.5. The van der Waals surface area contributed by atoms with Crippen LogP contribution in [0.25, 0.3) is 0 Å². The van der Waals surface area contributed by atoms with Crippen molar-refractivity contribution in [3.63, 3.8) is 0 Å². The third-order valence-electron chi connectivity index (χ3n) is 6.30. The van der Waals surface area contributed by atoms with Crippen LogP contribution < -0.4 is 9.62 Å². The molecule has 0 aliphatic rings. The molecule has 0 spiro atoms. The standard InChI is InChI=1S/C27H38ClN3O4S/c1-7-20(3)29-27(33)22(5)30(18-23-15-13-19(2)14-16-23)26(32)12-9-17-31(36(6,34)35)25-11-8-10-24(28)21(25)4/h8,10-11,13-16,20,22H,7,9,12,17-18H2,1-6H3,(H,29,33)/t20-,22+/m1/s1. The van der Waals surface area contributed by atoms with Gasteiger partial charge in [0.25, 0.3) is 0 Å². The Morgan fingerprint density at radius 2 is 1.69 bits per heavy atom. The first-order valence-corrected chi connectivity index (χ1v) is 14.5. The third kappa shape index (κ3) is 8.23. The Kier molecular flexibility index (Phi) is 10.8. The second-order valence-electron chi connectivity index (χ2n) is 9.32. The maximum absolute atomic E-state index is 13.4. The Morgan fingerprint density at radius 1 is 1.06 bits per heavy atom. The number of nitrogens with one attached hydrogen (secondary N) is 1. The molecule has 2 atom stereocenters. The second kappa shape index (κ2) is 13.1. The number of rotatable bonds is 12. The van der Waals surface area contributed by atoms with Gasteiger partial charge in [0.15, 0.2) is 0 Å². The molecular weight excluding hydrogens is 498 g/mol. The summed E-state index contributed by atoms with van der Waals surface area (Å²) in [6.45, 7) is 9.80. The highest BCUT2D eigenvalue weighted by Gasteiger charge is 2.27. The molecule has 36 heavy (non-hydrogen) atoms. The summed E-state index contributed by atoms with van der Waals surface area (Å²) in [5, 5.41) is 3.43. The highest BCUT2D eigenvalue weighted by Crippen LogP contribution is 2.28. The summed E-state index contributed by atoms with van der Waals surface area (Å²) < 4.78 is 26.4. The lowest BCUT2D eigenvalue weighted by Crippen LogP contribution is -2.49. The summed E-state index contributed by atoms with van der Waals surface area (Å²) >= 11 is 6.21. The van der Waals surface area contributed by atoms with Crippen molar-refractivity contribution in [3.8, 4) is 0 Å². The SMILES string of the molecule is CC[C@@H](C)NC(=O)[C@H](C)N(Cc1ccc(C)cc1)C(=O)CCCN(c1cccc(Cl)c1C)S(C)(=O)=O. The number of amides is 2. The molecule has 7 nitrogen and oxygen atoms in total. The molecule has 9 heteroatoms. The predicted octanol–water partition coefficient (Wildman–Crippen LogP) is 4.84. The number of anilines is 1. The summed E-state index contributed by atoms with van der Waals surface area (Å²) in [5.41, 5.74) is 3.18. The molecule has 0 aromatic heterocycles. The number of halogens is 1. The largest absolute Gasteiger partial charge is 0.352 e. The van der Waals surface area contributed by atoms with Gasteiger partial charge in [0.05, 0.1) is 11.9 Å². The molecule has 198 valence electrons. The van der Waals surface area contributed by atoms with E-state index in [1.54, 1.807) is 36.9 Å². The number of benzene rings is 2. The van der Waals surface area contributed by atoms with Crippen LogP contribution in [0.3, 0.4) is 0 Å². The number of nitrogens with zero attached hydrogens (tertiary/aromatic N) is 2. The van der Waals surface area contributed by atoms with Gasteiger partial charge in [-0.15, -0.1) is 0 Å². The van der Waals surface area contributed by atoms with E-state index in [1.165, 1.54) is 4.31 Å². The first-order chi connectivity index (χ1) is 16.8. The van der Waals surface area contributed by atoms with Crippen molar-refractivity contribution in [2.75, 3.05) is 17.1 Å². The lowest BCUT2D eigenvalue weighted by atomic mass is 10.1. The van der Waals surface area contributed by atoms with Crippen molar-refractivity contribution in [2.45, 2.75) is 72.5 Å². The molecule has 2 rings (SSSR count). The molecule has 2 amide bonds. The van der Waals surface area contributed by atoms with Crippen molar-refractivity contribution in [1.29, 1.82) is 0 Å². The lowest BCUT2D eigenvalue weighted by molar-refractivity contribution is -0.140. The topological polar surface area (TPSA) is 86.8 Å². The molecule has 1 N–H and O–H groups in total. The van der Waals surface area contributed by atoms with Crippen molar-refractivity contribution >= 4 is 39.1 Å². The zero-order valence-corrected chi connectivity index (χ0v) is 23.6. The average Bonchev–Trinajstić information content (AvgIpc) is 2.82. The lowest BCUT2D eigenvalue weighted by Gasteiger charge is -2.30. The second-order valence-corrected chi connectivity index (χ2v) is 11.6.